The van der Waals surface area contributed by atoms with Gasteiger partial charge in [-0.1, -0.05) is 41.9 Å². The van der Waals surface area contributed by atoms with E-state index in [-0.39, 0.29) is 5.56 Å². The first-order valence-corrected chi connectivity index (χ1v) is 9.28. The lowest BCUT2D eigenvalue weighted by molar-refractivity contribution is 0.243. The average Bonchev–Trinajstić information content (AvgIpc) is 2.71. The third-order valence-corrected chi connectivity index (χ3v) is 4.99. The first-order valence-electron chi connectivity index (χ1n) is 8.90. The fraction of sp³-hybridized carbons (Fsp3) is 0.190. The second-order valence-corrected chi connectivity index (χ2v) is 7.00. The van der Waals surface area contributed by atoms with Gasteiger partial charge in [-0.25, -0.2) is 14.4 Å². The van der Waals surface area contributed by atoms with Gasteiger partial charge in [0.15, 0.2) is 0 Å². The molecule has 0 saturated carbocycles. The number of aromatic nitrogens is 2. The number of rotatable bonds is 4. The summed E-state index contributed by atoms with van der Waals surface area (Å²) in [6.07, 6.45) is 0.770. The number of nitriles is 1. The van der Waals surface area contributed by atoms with Crippen LogP contribution in [0.5, 0.6) is 0 Å². The highest BCUT2D eigenvalue weighted by Gasteiger charge is 2.22. The highest BCUT2D eigenvalue weighted by atomic mass is 35.5. The normalized spacial score (nSPS) is 13.6. The average molecular weight is 394 g/mol. The van der Waals surface area contributed by atoms with Crippen molar-refractivity contribution in [2.24, 2.45) is 0 Å². The molecule has 0 radical (unpaired) electrons. The van der Waals surface area contributed by atoms with Crippen molar-refractivity contribution < 1.29 is 4.39 Å². The van der Waals surface area contributed by atoms with Crippen LogP contribution in [0.4, 0.5) is 16.0 Å². The predicted molar refractivity (Wildman–Crippen MR) is 106 cm³/mol. The Morgan fingerprint density at radius 2 is 2.00 bits per heavy atom. The van der Waals surface area contributed by atoms with Gasteiger partial charge in [-0.05, 0) is 23.8 Å². The number of anilines is 2. The van der Waals surface area contributed by atoms with Crippen LogP contribution in [0.15, 0.2) is 48.5 Å². The lowest BCUT2D eigenvalue weighted by Gasteiger charge is -2.28. The first kappa shape index (κ1) is 18.4. The number of hydrogen-bond acceptors (Lipinski definition) is 5. The lowest BCUT2D eigenvalue weighted by Crippen LogP contribution is -2.31. The van der Waals surface area contributed by atoms with Gasteiger partial charge >= 0.3 is 0 Å². The minimum Gasteiger partial charge on any atom is -0.324 e. The minimum atomic E-state index is -0.559. The maximum Gasteiger partial charge on any atom is 0.228 e. The van der Waals surface area contributed by atoms with Gasteiger partial charge in [-0.15, -0.1) is 0 Å². The molecule has 5 nitrogen and oxygen atoms in total. The van der Waals surface area contributed by atoms with Crippen molar-refractivity contribution in [1.29, 1.82) is 5.26 Å². The van der Waals surface area contributed by atoms with Crippen LogP contribution in [0, 0.1) is 17.1 Å². The van der Waals surface area contributed by atoms with Crippen LogP contribution in [0.3, 0.4) is 0 Å². The molecule has 140 valence electrons. The van der Waals surface area contributed by atoms with Crippen molar-refractivity contribution in [3.05, 3.63) is 81.9 Å². The Kier molecular flexibility index (Phi) is 5.20. The van der Waals surface area contributed by atoms with Gasteiger partial charge in [0, 0.05) is 37.3 Å². The van der Waals surface area contributed by atoms with Crippen LogP contribution in [-0.2, 0) is 19.5 Å². The van der Waals surface area contributed by atoms with Crippen molar-refractivity contribution in [2.45, 2.75) is 19.5 Å². The monoisotopic (exact) mass is 393 g/mol. The molecule has 0 fully saturated rings. The van der Waals surface area contributed by atoms with Gasteiger partial charge in [0.1, 0.15) is 17.0 Å². The molecule has 1 N–H and O–H groups in total. The molecule has 1 aliphatic rings. The van der Waals surface area contributed by atoms with E-state index in [2.05, 4.69) is 32.3 Å². The largest absolute Gasteiger partial charge is 0.324 e. The van der Waals surface area contributed by atoms with Gasteiger partial charge in [0.2, 0.25) is 5.95 Å². The summed E-state index contributed by atoms with van der Waals surface area (Å²) in [7, 11) is 0. The minimum absolute atomic E-state index is 0.0365. The molecule has 0 saturated heterocycles. The maximum atomic E-state index is 13.5. The van der Waals surface area contributed by atoms with Crippen molar-refractivity contribution in [1.82, 2.24) is 14.9 Å². The van der Waals surface area contributed by atoms with Crippen molar-refractivity contribution in [3.8, 4) is 6.07 Å². The molecule has 0 spiro atoms. The summed E-state index contributed by atoms with van der Waals surface area (Å²) < 4.78 is 13.5. The Hall–Kier alpha value is -3.01. The van der Waals surface area contributed by atoms with E-state index in [9.17, 15) is 4.39 Å². The van der Waals surface area contributed by atoms with Crippen LogP contribution >= 0.6 is 11.6 Å². The standard InChI is InChI=1S/C21H17ClFN5/c22-20-17-13-28(12-14-4-2-1-3-5-14)9-8-19(17)26-21(27-20)25-16-6-7-18(23)15(10-16)11-24/h1-7,10H,8-9,12-13H2,(H,25,26,27). The van der Waals surface area contributed by atoms with Crippen LogP contribution in [0.25, 0.3) is 0 Å². The maximum absolute atomic E-state index is 13.5. The summed E-state index contributed by atoms with van der Waals surface area (Å²) in [5, 5.41) is 12.4. The van der Waals surface area contributed by atoms with Crippen LogP contribution < -0.4 is 5.32 Å². The number of fused-ring (bicyclic) bond motifs is 1. The molecule has 2 heterocycles. The Balaban J connectivity index is 1.52. The SMILES string of the molecule is N#Cc1cc(Nc2nc(Cl)c3c(n2)CCN(Cc2ccccc2)C3)ccc1F. The summed E-state index contributed by atoms with van der Waals surface area (Å²) in [6.45, 7) is 2.42. The van der Waals surface area contributed by atoms with Gasteiger partial charge < -0.3 is 5.32 Å². The summed E-state index contributed by atoms with van der Waals surface area (Å²) in [5.41, 5.74) is 3.60. The number of benzene rings is 2. The van der Waals surface area contributed by atoms with Crippen molar-refractivity contribution in [3.63, 3.8) is 0 Å². The molecular weight excluding hydrogens is 377 g/mol. The van der Waals surface area contributed by atoms with E-state index in [0.29, 0.717) is 23.3 Å². The molecule has 0 unspecified atom stereocenters. The molecule has 0 aliphatic carbocycles. The number of nitrogens with one attached hydrogen (secondary N) is 1. The second kappa shape index (κ2) is 7.93. The summed E-state index contributed by atoms with van der Waals surface area (Å²) in [5.74, 6) is -0.216. The molecule has 0 bridgehead atoms. The number of hydrogen-bond donors (Lipinski definition) is 1. The van der Waals surface area contributed by atoms with E-state index in [4.69, 9.17) is 16.9 Å². The zero-order chi connectivity index (χ0) is 19.5. The molecule has 7 heteroatoms. The highest BCUT2D eigenvalue weighted by molar-refractivity contribution is 6.30. The topological polar surface area (TPSA) is 64.8 Å². The smallest absolute Gasteiger partial charge is 0.228 e. The number of nitrogens with zero attached hydrogens (tertiary/aromatic N) is 4. The molecule has 3 aromatic rings. The first-order chi connectivity index (χ1) is 13.6. The zero-order valence-electron chi connectivity index (χ0n) is 15.0. The molecule has 4 rings (SSSR count). The summed E-state index contributed by atoms with van der Waals surface area (Å²) in [6, 6.07) is 16.3. The summed E-state index contributed by atoms with van der Waals surface area (Å²) >= 11 is 6.44. The van der Waals surface area contributed by atoms with E-state index in [1.165, 1.54) is 23.8 Å². The van der Waals surface area contributed by atoms with E-state index >= 15 is 0 Å². The summed E-state index contributed by atoms with van der Waals surface area (Å²) in [4.78, 5) is 11.2. The predicted octanol–water partition coefficient (Wildman–Crippen LogP) is 4.44. The number of halogens is 2. The van der Waals surface area contributed by atoms with E-state index in [0.717, 1.165) is 30.8 Å². The molecule has 1 aromatic heterocycles. The molecule has 1 aliphatic heterocycles. The van der Waals surface area contributed by atoms with Crippen LogP contribution in [-0.4, -0.2) is 21.4 Å². The highest BCUT2D eigenvalue weighted by Crippen LogP contribution is 2.27. The molecule has 0 atom stereocenters. The van der Waals surface area contributed by atoms with Gasteiger partial charge in [0.05, 0.1) is 11.3 Å². The van der Waals surface area contributed by atoms with E-state index in [1.807, 2.05) is 24.3 Å². The van der Waals surface area contributed by atoms with Crippen LogP contribution in [0.2, 0.25) is 5.15 Å². The Labute approximate surface area is 167 Å². The van der Waals surface area contributed by atoms with Gasteiger partial charge in [-0.3, -0.25) is 4.90 Å². The Morgan fingerprint density at radius 1 is 1.18 bits per heavy atom. The fourth-order valence-corrected chi connectivity index (χ4v) is 3.53. The second-order valence-electron chi connectivity index (χ2n) is 6.64. The van der Waals surface area contributed by atoms with Gasteiger partial charge in [-0.2, -0.15) is 5.26 Å². The third-order valence-electron chi connectivity index (χ3n) is 4.68. The fourth-order valence-electron chi connectivity index (χ4n) is 3.28. The van der Waals surface area contributed by atoms with Gasteiger partial charge in [0.25, 0.3) is 0 Å². The zero-order valence-corrected chi connectivity index (χ0v) is 15.7. The lowest BCUT2D eigenvalue weighted by atomic mass is 10.1. The van der Waals surface area contributed by atoms with Crippen LogP contribution in [0.1, 0.15) is 22.4 Å². The quantitative estimate of drug-likeness (QED) is 0.664. The Bertz CT molecular complexity index is 1050. The molecule has 2 aromatic carbocycles. The van der Waals surface area contributed by atoms with Crippen molar-refractivity contribution in [2.75, 3.05) is 11.9 Å². The van der Waals surface area contributed by atoms with E-state index < -0.39 is 5.82 Å². The molecular formula is C21H17ClFN5. The molecule has 28 heavy (non-hydrogen) atoms. The van der Waals surface area contributed by atoms with Crippen molar-refractivity contribution >= 4 is 23.2 Å². The van der Waals surface area contributed by atoms with E-state index in [1.54, 1.807) is 0 Å². The molecule has 0 amide bonds. The Morgan fingerprint density at radius 3 is 2.79 bits per heavy atom. The third kappa shape index (κ3) is 3.96.